The number of anilines is 2. The second-order valence-electron chi connectivity index (χ2n) is 6.80. The molecule has 0 radical (unpaired) electrons. The Morgan fingerprint density at radius 1 is 1.00 bits per heavy atom. The number of nitrogens with zero attached hydrogens (tertiary/aromatic N) is 2. The van der Waals surface area contributed by atoms with Gasteiger partial charge in [-0.3, -0.25) is 4.79 Å². The summed E-state index contributed by atoms with van der Waals surface area (Å²) in [5.74, 6) is -0.656. The van der Waals surface area contributed by atoms with Gasteiger partial charge in [0.05, 0.1) is 0 Å². The number of aromatic hydroxyl groups is 1. The molecule has 0 aliphatic carbocycles. The molecule has 160 valence electrons. The molecule has 1 saturated heterocycles. The normalized spacial score (nSPS) is 14.4. The van der Waals surface area contributed by atoms with E-state index in [0.717, 1.165) is 5.69 Å². The molecule has 0 bridgehead atoms. The van der Waals surface area contributed by atoms with Crippen LogP contribution < -0.4 is 15.5 Å². The van der Waals surface area contributed by atoms with E-state index < -0.39 is 18.6 Å². The lowest BCUT2D eigenvalue weighted by atomic mass is 10.2. The number of amides is 3. The van der Waals surface area contributed by atoms with Gasteiger partial charge in [0.1, 0.15) is 12.3 Å². The van der Waals surface area contributed by atoms with Crippen molar-refractivity contribution in [2.75, 3.05) is 42.9 Å². The minimum absolute atomic E-state index is 0.0666. The number of phenolic OH excluding ortho intramolecular Hbond substituents is 1. The Morgan fingerprint density at radius 3 is 2.27 bits per heavy atom. The largest absolute Gasteiger partial charge is 0.508 e. The molecule has 3 amide bonds. The van der Waals surface area contributed by atoms with Crippen molar-refractivity contribution >= 4 is 23.3 Å². The van der Waals surface area contributed by atoms with E-state index in [4.69, 9.17) is 0 Å². The number of piperazine rings is 1. The first-order chi connectivity index (χ1) is 14.2. The predicted octanol–water partition coefficient (Wildman–Crippen LogP) is 3.04. The van der Waals surface area contributed by atoms with Crippen LogP contribution in [0.15, 0.2) is 48.5 Å². The molecule has 0 spiro atoms. The Balaban J connectivity index is 1.50. The molecule has 0 unspecified atom stereocenters. The fourth-order valence-electron chi connectivity index (χ4n) is 3.05. The van der Waals surface area contributed by atoms with Crippen LogP contribution in [0.1, 0.15) is 10.4 Å². The first-order valence-corrected chi connectivity index (χ1v) is 9.26. The number of nitrogens with one attached hydrogen (secondary N) is 2. The number of phenols is 1. The highest BCUT2D eigenvalue weighted by molar-refractivity contribution is 5.95. The smallest absolute Gasteiger partial charge is 0.405 e. The zero-order chi connectivity index (χ0) is 21.7. The van der Waals surface area contributed by atoms with Crippen LogP contribution in [0.4, 0.5) is 29.3 Å². The summed E-state index contributed by atoms with van der Waals surface area (Å²) in [4.78, 5) is 27.9. The third-order valence-corrected chi connectivity index (χ3v) is 4.61. The third kappa shape index (κ3) is 5.79. The number of carbonyl (C=O) groups excluding carboxylic acids is 2. The Labute approximate surface area is 171 Å². The van der Waals surface area contributed by atoms with Crippen molar-refractivity contribution in [2.24, 2.45) is 0 Å². The quantitative estimate of drug-likeness (QED) is 0.707. The van der Waals surface area contributed by atoms with Gasteiger partial charge in [0, 0.05) is 49.2 Å². The molecule has 0 aromatic heterocycles. The van der Waals surface area contributed by atoms with E-state index in [1.165, 1.54) is 24.3 Å². The standard InChI is InChI=1S/C20H21F3N4O3/c21-20(22,23)13-24-18(29)14-4-6-15(7-5-14)25-19(30)27-10-8-26(9-11-27)16-2-1-3-17(28)12-16/h1-7,12,28H,8-11,13H2,(H,24,29)(H,25,30). The number of hydrogen-bond acceptors (Lipinski definition) is 4. The van der Waals surface area contributed by atoms with E-state index in [-0.39, 0.29) is 17.3 Å². The van der Waals surface area contributed by atoms with Gasteiger partial charge in [0.2, 0.25) is 0 Å². The molecular formula is C20H21F3N4O3. The van der Waals surface area contributed by atoms with Crippen LogP contribution in [0.5, 0.6) is 5.75 Å². The van der Waals surface area contributed by atoms with Crippen molar-refractivity contribution in [1.29, 1.82) is 0 Å². The second kappa shape index (κ2) is 8.93. The lowest BCUT2D eigenvalue weighted by molar-refractivity contribution is -0.123. The molecule has 1 aliphatic rings. The van der Waals surface area contributed by atoms with Gasteiger partial charge in [0.25, 0.3) is 5.91 Å². The van der Waals surface area contributed by atoms with Gasteiger partial charge in [0.15, 0.2) is 0 Å². The van der Waals surface area contributed by atoms with Crippen molar-refractivity contribution in [3.05, 3.63) is 54.1 Å². The van der Waals surface area contributed by atoms with E-state index in [1.54, 1.807) is 28.4 Å². The Hall–Kier alpha value is -3.43. The van der Waals surface area contributed by atoms with Gasteiger partial charge < -0.3 is 25.5 Å². The number of rotatable bonds is 4. The Bertz CT molecular complexity index is 895. The van der Waals surface area contributed by atoms with Gasteiger partial charge >= 0.3 is 12.2 Å². The monoisotopic (exact) mass is 422 g/mol. The van der Waals surface area contributed by atoms with Crippen LogP contribution in [0.3, 0.4) is 0 Å². The number of hydrogen-bond donors (Lipinski definition) is 3. The molecule has 0 atom stereocenters. The van der Waals surface area contributed by atoms with Crippen LogP contribution in [0.25, 0.3) is 0 Å². The molecule has 30 heavy (non-hydrogen) atoms. The summed E-state index contributed by atoms with van der Waals surface area (Å²) in [5, 5.41) is 14.1. The van der Waals surface area contributed by atoms with Crippen molar-refractivity contribution in [2.45, 2.75) is 6.18 Å². The summed E-state index contributed by atoms with van der Waals surface area (Å²) in [6.07, 6.45) is -4.48. The van der Waals surface area contributed by atoms with E-state index >= 15 is 0 Å². The molecular weight excluding hydrogens is 401 g/mol. The molecule has 3 rings (SSSR count). The first-order valence-electron chi connectivity index (χ1n) is 9.26. The SMILES string of the molecule is O=C(NCC(F)(F)F)c1ccc(NC(=O)N2CCN(c3cccc(O)c3)CC2)cc1. The minimum Gasteiger partial charge on any atom is -0.508 e. The second-order valence-corrected chi connectivity index (χ2v) is 6.80. The molecule has 1 heterocycles. The molecule has 3 N–H and O–H groups in total. The van der Waals surface area contributed by atoms with Crippen molar-refractivity contribution < 1.29 is 27.9 Å². The highest BCUT2D eigenvalue weighted by Gasteiger charge is 2.28. The van der Waals surface area contributed by atoms with Crippen molar-refractivity contribution in [3.8, 4) is 5.75 Å². The predicted molar refractivity (Wildman–Crippen MR) is 106 cm³/mol. The molecule has 1 aliphatic heterocycles. The zero-order valence-corrected chi connectivity index (χ0v) is 15.9. The maximum Gasteiger partial charge on any atom is 0.405 e. The van der Waals surface area contributed by atoms with E-state index in [2.05, 4.69) is 10.2 Å². The average Bonchev–Trinajstić information content (AvgIpc) is 2.72. The topological polar surface area (TPSA) is 84.9 Å². The summed E-state index contributed by atoms with van der Waals surface area (Å²) in [6, 6.07) is 12.2. The summed E-state index contributed by atoms with van der Waals surface area (Å²) in [5.41, 5.74) is 1.38. The van der Waals surface area contributed by atoms with E-state index in [0.29, 0.717) is 31.9 Å². The summed E-state index contributed by atoms with van der Waals surface area (Å²) in [7, 11) is 0. The van der Waals surface area contributed by atoms with Gasteiger partial charge in [-0.1, -0.05) is 6.07 Å². The number of alkyl halides is 3. The molecule has 1 fully saturated rings. The van der Waals surface area contributed by atoms with Crippen LogP contribution in [0.2, 0.25) is 0 Å². The van der Waals surface area contributed by atoms with Gasteiger partial charge in [-0.25, -0.2) is 4.79 Å². The highest BCUT2D eigenvalue weighted by atomic mass is 19.4. The van der Waals surface area contributed by atoms with Crippen LogP contribution in [-0.4, -0.2) is 60.8 Å². The van der Waals surface area contributed by atoms with Gasteiger partial charge in [-0.2, -0.15) is 13.2 Å². The van der Waals surface area contributed by atoms with Crippen LogP contribution in [0, 0.1) is 0 Å². The fraction of sp³-hybridized carbons (Fsp3) is 0.300. The van der Waals surface area contributed by atoms with Crippen molar-refractivity contribution in [1.82, 2.24) is 10.2 Å². The number of urea groups is 1. The molecule has 0 saturated carbocycles. The fourth-order valence-corrected chi connectivity index (χ4v) is 3.05. The van der Waals surface area contributed by atoms with Gasteiger partial charge in [-0.15, -0.1) is 0 Å². The highest BCUT2D eigenvalue weighted by Crippen LogP contribution is 2.21. The van der Waals surface area contributed by atoms with E-state index in [9.17, 15) is 27.9 Å². The maximum atomic E-state index is 12.4. The maximum absolute atomic E-state index is 12.4. The number of carbonyl (C=O) groups is 2. The Morgan fingerprint density at radius 2 is 1.67 bits per heavy atom. The zero-order valence-electron chi connectivity index (χ0n) is 15.9. The van der Waals surface area contributed by atoms with Crippen LogP contribution in [-0.2, 0) is 0 Å². The molecule has 2 aromatic carbocycles. The summed E-state index contributed by atoms with van der Waals surface area (Å²) < 4.78 is 36.5. The van der Waals surface area contributed by atoms with E-state index in [1.807, 2.05) is 6.07 Å². The molecule has 2 aromatic rings. The molecule has 7 nitrogen and oxygen atoms in total. The average molecular weight is 422 g/mol. The summed E-state index contributed by atoms with van der Waals surface area (Å²) >= 11 is 0. The number of benzene rings is 2. The lowest BCUT2D eigenvalue weighted by Crippen LogP contribution is -2.50. The molecule has 10 heteroatoms. The van der Waals surface area contributed by atoms with Crippen LogP contribution >= 0.6 is 0 Å². The Kier molecular flexibility index (Phi) is 6.34. The lowest BCUT2D eigenvalue weighted by Gasteiger charge is -2.36. The number of halogens is 3. The third-order valence-electron chi connectivity index (χ3n) is 4.61. The van der Waals surface area contributed by atoms with Gasteiger partial charge in [-0.05, 0) is 36.4 Å². The summed E-state index contributed by atoms with van der Waals surface area (Å²) in [6.45, 7) is 0.780. The minimum atomic E-state index is -4.48. The first kappa shape index (κ1) is 21.3. The van der Waals surface area contributed by atoms with Crippen molar-refractivity contribution in [3.63, 3.8) is 0 Å².